The number of aliphatic hydroxyl groups excluding tert-OH is 1. The van der Waals surface area contributed by atoms with Gasteiger partial charge in [-0.2, -0.15) is 0 Å². The molecule has 0 spiro atoms. The Labute approximate surface area is 117 Å². The summed E-state index contributed by atoms with van der Waals surface area (Å²) in [5.74, 6) is 6.16. The van der Waals surface area contributed by atoms with Crippen LogP contribution in [-0.4, -0.2) is 21.3 Å². The second kappa shape index (κ2) is 6.18. The Morgan fingerprint density at radius 1 is 1.30 bits per heavy atom. The van der Waals surface area contributed by atoms with Crippen LogP contribution in [0.15, 0.2) is 35.1 Å². The van der Waals surface area contributed by atoms with Crippen LogP contribution in [0.2, 0.25) is 0 Å². The second-order valence-corrected chi connectivity index (χ2v) is 4.53. The number of aromatic nitrogens is 2. The maximum absolute atomic E-state index is 12.0. The lowest BCUT2D eigenvalue weighted by atomic mass is 10.1. The summed E-state index contributed by atoms with van der Waals surface area (Å²) in [4.78, 5) is 16.3. The van der Waals surface area contributed by atoms with Crippen LogP contribution in [0.25, 0.3) is 0 Å². The highest BCUT2D eigenvalue weighted by atomic mass is 16.2. The van der Waals surface area contributed by atoms with Crippen LogP contribution in [0.4, 0.5) is 0 Å². The average molecular weight is 268 g/mol. The van der Waals surface area contributed by atoms with E-state index in [1.165, 1.54) is 6.07 Å². The lowest BCUT2D eigenvalue weighted by Gasteiger charge is -2.09. The molecule has 0 fully saturated rings. The molecule has 1 aromatic heterocycles. The number of hydrogen-bond donors (Lipinski definition) is 1. The van der Waals surface area contributed by atoms with Gasteiger partial charge in [-0.1, -0.05) is 24.0 Å². The van der Waals surface area contributed by atoms with Crippen molar-refractivity contribution in [3.05, 3.63) is 63.3 Å². The molecule has 0 saturated carbocycles. The van der Waals surface area contributed by atoms with Gasteiger partial charge in [-0.05, 0) is 31.5 Å². The summed E-state index contributed by atoms with van der Waals surface area (Å²) in [5.41, 5.74) is 2.47. The van der Waals surface area contributed by atoms with Gasteiger partial charge in [0.1, 0.15) is 12.4 Å². The molecule has 0 aliphatic rings. The van der Waals surface area contributed by atoms with Gasteiger partial charge in [0.25, 0.3) is 5.56 Å². The monoisotopic (exact) mass is 268 g/mol. The Morgan fingerprint density at radius 2 is 2.10 bits per heavy atom. The molecule has 0 unspecified atom stereocenters. The van der Waals surface area contributed by atoms with Crippen molar-refractivity contribution in [3.63, 3.8) is 0 Å². The van der Waals surface area contributed by atoms with Crippen molar-refractivity contribution in [2.24, 2.45) is 0 Å². The summed E-state index contributed by atoms with van der Waals surface area (Å²) in [6.07, 6.45) is 0. The fourth-order valence-electron chi connectivity index (χ4n) is 2.03. The molecule has 4 heteroatoms. The molecule has 102 valence electrons. The zero-order chi connectivity index (χ0) is 14.5. The molecular weight excluding hydrogens is 252 g/mol. The third kappa shape index (κ3) is 3.34. The van der Waals surface area contributed by atoms with Crippen LogP contribution in [-0.2, 0) is 6.54 Å². The fraction of sp³-hybridized carbons (Fsp3) is 0.250. The van der Waals surface area contributed by atoms with E-state index >= 15 is 0 Å². The number of aliphatic hydroxyl groups is 1. The third-order valence-electron chi connectivity index (χ3n) is 2.91. The molecule has 0 aliphatic heterocycles. The smallest absolute Gasteiger partial charge is 0.254 e. The van der Waals surface area contributed by atoms with Gasteiger partial charge in [0, 0.05) is 17.3 Å². The van der Waals surface area contributed by atoms with Gasteiger partial charge < -0.3 is 5.11 Å². The maximum Gasteiger partial charge on any atom is 0.254 e. The Morgan fingerprint density at radius 3 is 2.80 bits per heavy atom. The van der Waals surface area contributed by atoms with Crippen LogP contribution < -0.4 is 5.56 Å². The lowest BCUT2D eigenvalue weighted by Crippen LogP contribution is -2.24. The molecule has 0 saturated heterocycles. The van der Waals surface area contributed by atoms with Crippen molar-refractivity contribution in [1.82, 2.24) is 9.55 Å². The van der Waals surface area contributed by atoms with Crippen LogP contribution in [0, 0.1) is 25.7 Å². The minimum absolute atomic E-state index is 0.0538. The molecule has 0 radical (unpaired) electrons. The summed E-state index contributed by atoms with van der Waals surface area (Å²) in [6.45, 7) is 3.94. The molecule has 0 aliphatic carbocycles. The highest BCUT2D eigenvalue weighted by Crippen LogP contribution is 2.06. The zero-order valence-electron chi connectivity index (χ0n) is 11.6. The first-order chi connectivity index (χ1) is 9.60. The molecule has 1 aromatic carbocycles. The van der Waals surface area contributed by atoms with E-state index in [-0.39, 0.29) is 12.2 Å². The molecule has 1 N–H and O–H groups in total. The standard InChI is InChI=1S/C16H16N2O2/c1-12-9-16(20)18(13(2)17-12)11-15-6-3-5-14(10-15)7-4-8-19/h3,5-6,9-10,19H,8,11H2,1-2H3. The van der Waals surface area contributed by atoms with E-state index in [1.54, 1.807) is 4.57 Å². The van der Waals surface area contributed by atoms with E-state index in [0.717, 1.165) is 16.8 Å². The zero-order valence-corrected chi connectivity index (χ0v) is 11.6. The number of hydrogen-bond acceptors (Lipinski definition) is 3. The molecule has 1 heterocycles. The largest absolute Gasteiger partial charge is 0.384 e. The first kappa shape index (κ1) is 14.0. The van der Waals surface area contributed by atoms with Gasteiger partial charge in [0.05, 0.1) is 6.54 Å². The number of rotatable bonds is 2. The summed E-state index contributed by atoms with van der Waals surface area (Å²) >= 11 is 0. The molecule has 0 amide bonds. The third-order valence-corrected chi connectivity index (χ3v) is 2.91. The molecule has 2 rings (SSSR count). The highest BCUT2D eigenvalue weighted by Gasteiger charge is 2.04. The molecular formula is C16H16N2O2. The van der Waals surface area contributed by atoms with E-state index in [9.17, 15) is 4.79 Å². The van der Waals surface area contributed by atoms with Gasteiger partial charge >= 0.3 is 0 Å². The van der Waals surface area contributed by atoms with E-state index in [2.05, 4.69) is 16.8 Å². The summed E-state index contributed by atoms with van der Waals surface area (Å²) in [6, 6.07) is 9.14. The molecule has 0 bridgehead atoms. The van der Waals surface area contributed by atoms with Gasteiger partial charge in [-0.25, -0.2) is 4.98 Å². The van der Waals surface area contributed by atoms with E-state index in [4.69, 9.17) is 5.11 Å². The average Bonchev–Trinajstić information content (AvgIpc) is 2.41. The fourth-order valence-corrected chi connectivity index (χ4v) is 2.03. The van der Waals surface area contributed by atoms with Gasteiger partial charge in [-0.15, -0.1) is 0 Å². The van der Waals surface area contributed by atoms with E-state index in [0.29, 0.717) is 12.4 Å². The SMILES string of the molecule is Cc1cc(=O)n(Cc2cccc(C#CCO)c2)c(C)n1. The predicted molar refractivity (Wildman–Crippen MR) is 77.5 cm³/mol. The van der Waals surface area contributed by atoms with Gasteiger partial charge in [0.15, 0.2) is 0 Å². The summed E-state index contributed by atoms with van der Waals surface area (Å²) < 4.78 is 1.63. The van der Waals surface area contributed by atoms with Crippen molar-refractivity contribution in [2.45, 2.75) is 20.4 Å². The van der Waals surface area contributed by atoms with Crippen molar-refractivity contribution < 1.29 is 5.11 Å². The number of benzene rings is 1. The molecule has 4 nitrogen and oxygen atoms in total. The van der Waals surface area contributed by atoms with Crippen molar-refractivity contribution in [3.8, 4) is 11.8 Å². The Bertz CT molecular complexity index is 736. The van der Waals surface area contributed by atoms with Gasteiger partial charge in [0.2, 0.25) is 0 Å². The highest BCUT2D eigenvalue weighted by molar-refractivity contribution is 5.37. The minimum Gasteiger partial charge on any atom is -0.384 e. The van der Waals surface area contributed by atoms with E-state index in [1.807, 2.05) is 38.1 Å². The predicted octanol–water partition coefficient (Wildman–Crippen LogP) is 1.25. The first-order valence-corrected chi connectivity index (χ1v) is 6.34. The Kier molecular flexibility index (Phi) is 4.34. The van der Waals surface area contributed by atoms with E-state index < -0.39 is 0 Å². The second-order valence-electron chi connectivity index (χ2n) is 4.53. The summed E-state index contributed by atoms with van der Waals surface area (Å²) in [5, 5.41) is 8.70. The van der Waals surface area contributed by atoms with Crippen LogP contribution >= 0.6 is 0 Å². The topological polar surface area (TPSA) is 55.1 Å². The maximum atomic E-state index is 12.0. The quantitative estimate of drug-likeness (QED) is 0.834. The van der Waals surface area contributed by atoms with Crippen LogP contribution in [0.1, 0.15) is 22.6 Å². The Balaban J connectivity index is 2.33. The Hall–Kier alpha value is -2.38. The minimum atomic E-state index is -0.162. The number of aryl methyl sites for hydroxylation is 2. The number of nitrogens with zero attached hydrogens (tertiary/aromatic N) is 2. The van der Waals surface area contributed by atoms with Crippen molar-refractivity contribution in [2.75, 3.05) is 6.61 Å². The first-order valence-electron chi connectivity index (χ1n) is 6.34. The normalized spacial score (nSPS) is 9.95. The van der Waals surface area contributed by atoms with Crippen LogP contribution in [0.3, 0.4) is 0 Å². The van der Waals surface area contributed by atoms with Crippen LogP contribution in [0.5, 0.6) is 0 Å². The summed E-state index contributed by atoms with van der Waals surface area (Å²) in [7, 11) is 0. The lowest BCUT2D eigenvalue weighted by molar-refractivity contribution is 0.350. The molecule has 2 aromatic rings. The van der Waals surface area contributed by atoms with Crippen molar-refractivity contribution >= 4 is 0 Å². The van der Waals surface area contributed by atoms with Crippen molar-refractivity contribution in [1.29, 1.82) is 0 Å². The van der Waals surface area contributed by atoms with Gasteiger partial charge in [-0.3, -0.25) is 9.36 Å². The molecule has 0 atom stereocenters. The molecule has 20 heavy (non-hydrogen) atoms.